The Balaban J connectivity index is 2.22. The first kappa shape index (κ1) is 14.5. The molecule has 0 atom stereocenters. The summed E-state index contributed by atoms with van der Waals surface area (Å²) < 4.78 is 6.31. The van der Waals surface area contributed by atoms with Crippen molar-refractivity contribution in [3.63, 3.8) is 0 Å². The van der Waals surface area contributed by atoms with Crippen molar-refractivity contribution in [1.29, 1.82) is 0 Å². The molecule has 0 radical (unpaired) electrons. The van der Waals surface area contributed by atoms with Crippen molar-refractivity contribution in [3.05, 3.63) is 28.1 Å². The zero-order valence-corrected chi connectivity index (χ0v) is 11.5. The number of amides is 1. The van der Waals surface area contributed by atoms with Crippen molar-refractivity contribution in [2.45, 2.75) is 19.9 Å². The third-order valence-corrected chi connectivity index (χ3v) is 2.67. The van der Waals surface area contributed by atoms with Crippen molar-refractivity contribution in [1.82, 2.24) is 19.7 Å². The maximum Gasteiger partial charge on any atom is 0.336 e. The lowest BCUT2D eigenvalue weighted by molar-refractivity contribution is -0.384. The maximum absolute atomic E-state index is 12.2. The van der Waals surface area contributed by atoms with Crippen LogP contribution in [0.3, 0.4) is 0 Å². The van der Waals surface area contributed by atoms with Crippen LogP contribution in [-0.4, -0.2) is 37.7 Å². The Morgan fingerprint density at radius 2 is 2.38 bits per heavy atom. The Morgan fingerprint density at radius 3 is 2.95 bits per heavy atom. The first-order valence-electron chi connectivity index (χ1n) is 6.17. The normalized spacial score (nSPS) is 10.4. The van der Waals surface area contributed by atoms with Crippen molar-refractivity contribution in [3.8, 4) is 6.01 Å². The van der Waals surface area contributed by atoms with Gasteiger partial charge in [0.1, 0.15) is 5.69 Å². The molecule has 0 aliphatic rings. The number of hydrogen-bond donors (Lipinski definition) is 2. The molecular weight excluding hydrogens is 280 g/mol. The number of aromatic amines is 1. The lowest BCUT2D eigenvalue weighted by Gasteiger charge is -2.05. The molecule has 2 aromatic heterocycles. The maximum atomic E-state index is 12.2. The zero-order chi connectivity index (χ0) is 15.4. The van der Waals surface area contributed by atoms with Gasteiger partial charge in [0.25, 0.3) is 11.6 Å². The van der Waals surface area contributed by atoms with E-state index in [0.29, 0.717) is 6.54 Å². The highest BCUT2D eigenvalue weighted by molar-refractivity contribution is 6.02. The van der Waals surface area contributed by atoms with E-state index in [1.165, 1.54) is 23.9 Å². The molecular formula is C11H14N6O4. The number of hydrogen-bond acceptors (Lipinski definition) is 6. The molecule has 2 rings (SSSR count). The molecule has 0 saturated carbocycles. The summed E-state index contributed by atoms with van der Waals surface area (Å²) in [5.41, 5.74) is 0.0441. The number of nitrogens with zero attached hydrogens (tertiary/aromatic N) is 4. The summed E-state index contributed by atoms with van der Waals surface area (Å²) in [4.78, 5) is 26.3. The van der Waals surface area contributed by atoms with Crippen LogP contribution in [-0.2, 0) is 6.54 Å². The van der Waals surface area contributed by atoms with E-state index in [0.717, 1.165) is 6.42 Å². The lowest BCUT2D eigenvalue weighted by Crippen LogP contribution is -2.17. The number of carbonyl (C=O) groups is 1. The van der Waals surface area contributed by atoms with Gasteiger partial charge in [0.15, 0.2) is 0 Å². The predicted molar refractivity (Wildman–Crippen MR) is 72.3 cm³/mol. The minimum atomic E-state index is -0.541. The van der Waals surface area contributed by atoms with Crippen molar-refractivity contribution in [2.75, 3.05) is 12.4 Å². The van der Waals surface area contributed by atoms with E-state index in [4.69, 9.17) is 4.74 Å². The second-order valence-corrected chi connectivity index (χ2v) is 4.16. The first-order chi connectivity index (χ1) is 10.0. The molecule has 0 bridgehead atoms. The fraction of sp³-hybridized carbons (Fsp3) is 0.364. The van der Waals surface area contributed by atoms with Crippen LogP contribution in [0.1, 0.15) is 23.8 Å². The van der Waals surface area contributed by atoms with Crippen LogP contribution in [0, 0.1) is 10.1 Å². The van der Waals surface area contributed by atoms with Crippen molar-refractivity contribution >= 4 is 17.5 Å². The molecule has 0 spiro atoms. The predicted octanol–water partition coefficient (Wildman–Crippen LogP) is 1.19. The zero-order valence-electron chi connectivity index (χ0n) is 11.5. The van der Waals surface area contributed by atoms with E-state index >= 15 is 0 Å². The molecule has 0 aliphatic heterocycles. The first-order valence-corrected chi connectivity index (χ1v) is 6.17. The molecule has 10 heteroatoms. The Kier molecular flexibility index (Phi) is 4.16. The highest BCUT2D eigenvalue weighted by atomic mass is 16.6. The van der Waals surface area contributed by atoms with Crippen LogP contribution < -0.4 is 10.1 Å². The molecule has 1 amide bonds. The van der Waals surface area contributed by atoms with E-state index in [1.54, 1.807) is 0 Å². The van der Waals surface area contributed by atoms with E-state index in [2.05, 4.69) is 20.5 Å². The van der Waals surface area contributed by atoms with Crippen LogP contribution in [0.5, 0.6) is 6.01 Å². The summed E-state index contributed by atoms with van der Waals surface area (Å²) in [5.74, 6) is -0.417. The van der Waals surface area contributed by atoms with Gasteiger partial charge in [0.05, 0.1) is 18.2 Å². The van der Waals surface area contributed by atoms with Crippen LogP contribution in [0.25, 0.3) is 0 Å². The smallest absolute Gasteiger partial charge is 0.336 e. The molecule has 2 aromatic rings. The minimum Gasteiger partial charge on any atom is -0.466 e. The molecule has 0 unspecified atom stereocenters. The standard InChI is InChI=1S/C11H14N6O4/c1-3-4-16-6-7(17(19)20)5-8(16)9(18)12-10-13-11(21-2)15-14-10/h5-6H,3-4H2,1-2H3,(H2,12,13,14,15,18). The van der Waals surface area contributed by atoms with Gasteiger partial charge in [-0.15, -0.1) is 5.10 Å². The Hall–Kier alpha value is -2.91. The number of aryl methyl sites for hydroxylation is 1. The Morgan fingerprint density at radius 1 is 1.62 bits per heavy atom. The summed E-state index contributed by atoms with van der Waals surface area (Å²) in [6.45, 7) is 2.41. The number of H-pyrrole nitrogens is 1. The third kappa shape index (κ3) is 3.16. The second kappa shape index (κ2) is 6.03. The number of methoxy groups -OCH3 is 1. The van der Waals surface area contributed by atoms with Gasteiger partial charge in [-0.05, 0) is 6.42 Å². The summed E-state index contributed by atoms with van der Waals surface area (Å²) in [6.07, 6.45) is 2.07. The molecule has 10 nitrogen and oxygen atoms in total. The van der Waals surface area contributed by atoms with Crippen molar-refractivity contribution in [2.24, 2.45) is 0 Å². The molecule has 0 aliphatic carbocycles. The van der Waals surface area contributed by atoms with Crippen LogP contribution in [0.4, 0.5) is 11.6 Å². The molecule has 0 fully saturated rings. The molecule has 2 heterocycles. The summed E-state index contributed by atoms with van der Waals surface area (Å²) in [5, 5.41) is 19.4. The lowest BCUT2D eigenvalue weighted by atomic mass is 10.3. The van der Waals surface area contributed by atoms with Crippen LogP contribution in [0.2, 0.25) is 0 Å². The minimum absolute atomic E-state index is 0.0835. The Labute approximate surface area is 119 Å². The van der Waals surface area contributed by atoms with Gasteiger partial charge in [-0.2, -0.15) is 4.98 Å². The highest BCUT2D eigenvalue weighted by Crippen LogP contribution is 2.18. The third-order valence-electron chi connectivity index (χ3n) is 2.67. The number of nitrogens with one attached hydrogen (secondary N) is 2. The second-order valence-electron chi connectivity index (χ2n) is 4.16. The van der Waals surface area contributed by atoms with Gasteiger partial charge in [-0.3, -0.25) is 20.2 Å². The quantitative estimate of drug-likeness (QED) is 0.608. The molecule has 21 heavy (non-hydrogen) atoms. The van der Waals surface area contributed by atoms with Crippen molar-refractivity contribution < 1.29 is 14.5 Å². The average molecular weight is 294 g/mol. The average Bonchev–Trinajstić information content (AvgIpc) is 3.05. The summed E-state index contributed by atoms with van der Waals surface area (Å²) in [7, 11) is 1.39. The molecule has 0 aromatic carbocycles. The highest BCUT2D eigenvalue weighted by Gasteiger charge is 2.20. The number of nitro groups is 1. The SMILES string of the molecule is CCCn1cc([N+](=O)[O-])cc1C(=O)Nc1nc(OC)n[nH]1. The van der Waals surface area contributed by atoms with Gasteiger partial charge < -0.3 is 9.30 Å². The number of ether oxygens (including phenoxy) is 1. The fourth-order valence-corrected chi connectivity index (χ4v) is 1.78. The van der Waals surface area contributed by atoms with Gasteiger partial charge in [-0.1, -0.05) is 6.92 Å². The summed E-state index contributed by atoms with van der Waals surface area (Å²) in [6, 6.07) is 1.30. The van der Waals surface area contributed by atoms with E-state index in [1.807, 2.05) is 6.92 Å². The fourth-order valence-electron chi connectivity index (χ4n) is 1.78. The molecule has 2 N–H and O–H groups in total. The number of rotatable bonds is 6. The monoisotopic (exact) mass is 294 g/mol. The van der Waals surface area contributed by atoms with Crippen LogP contribution >= 0.6 is 0 Å². The van der Waals surface area contributed by atoms with Crippen LogP contribution in [0.15, 0.2) is 12.3 Å². The summed E-state index contributed by atoms with van der Waals surface area (Å²) >= 11 is 0. The van der Waals surface area contributed by atoms with Gasteiger partial charge in [0, 0.05) is 12.6 Å². The Bertz CT molecular complexity index is 661. The van der Waals surface area contributed by atoms with E-state index < -0.39 is 10.8 Å². The van der Waals surface area contributed by atoms with Gasteiger partial charge >= 0.3 is 6.01 Å². The number of aromatic nitrogens is 4. The van der Waals surface area contributed by atoms with E-state index in [9.17, 15) is 14.9 Å². The van der Waals surface area contributed by atoms with Gasteiger partial charge in [-0.25, -0.2) is 5.10 Å². The largest absolute Gasteiger partial charge is 0.466 e. The number of anilines is 1. The topological polar surface area (TPSA) is 128 Å². The van der Waals surface area contributed by atoms with Gasteiger partial charge in [0.2, 0.25) is 5.95 Å². The number of carbonyl (C=O) groups excluding carboxylic acids is 1. The van der Waals surface area contributed by atoms with E-state index in [-0.39, 0.29) is 23.3 Å². The molecule has 0 saturated heterocycles. The molecule has 112 valence electrons.